The molecule has 1 rings (SSSR count). The largest absolute Gasteiger partial charge is 0.490 e. The van der Waals surface area contributed by atoms with Crippen LogP contribution in [-0.2, 0) is 4.74 Å². The maximum Gasteiger partial charge on any atom is 0.131 e. The van der Waals surface area contributed by atoms with Crippen molar-refractivity contribution in [3.8, 4) is 5.75 Å². The van der Waals surface area contributed by atoms with Crippen LogP contribution in [0.5, 0.6) is 5.75 Å². The zero-order chi connectivity index (χ0) is 13.4. The minimum atomic E-state index is -0.434. The summed E-state index contributed by atoms with van der Waals surface area (Å²) >= 11 is 0. The molecule has 0 saturated heterocycles. The summed E-state index contributed by atoms with van der Waals surface area (Å²) in [5, 5.41) is 20.3. The standard InChI is InChI=1S/C12H16FNO4/c1-9(14-16)11-3-2-10(13)8-12(11)18-7-6-17-5-4-15/h2-3,8,15-16H,4-7H2,1H3/b14-9-. The molecule has 2 N–H and O–H groups in total. The second kappa shape index (κ2) is 7.62. The third-order valence-corrected chi connectivity index (χ3v) is 2.20. The van der Waals surface area contributed by atoms with Gasteiger partial charge in [-0.2, -0.15) is 0 Å². The van der Waals surface area contributed by atoms with E-state index in [-0.39, 0.29) is 32.2 Å². The number of halogens is 1. The molecule has 0 unspecified atom stereocenters. The molecule has 5 nitrogen and oxygen atoms in total. The van der Waals surface area contributed by atoms with Gasteiger partial charge in [0.05, 0.1) is 25.5 Å². The van der Waals surface area contributed by atoms with Crippen molar-refractivity contribution in [2.75, 3.05) is 26.4 Å². The number of hydrogen-bond donors (Lipinski definition) is 2. The van der Waals surface area contributed by atoms with E-state index >= 15 is 0 Å². The van der Waals surface area contributed by atoms with Crippen LogP contribution in [0.1, 0.15) is 12.5 Å². The first-order valence-corrected chi connectivity index (χ1v) is 5.49. The lowest BCUT2D eigenvalue weighted by atomic mass is 10.1. The Bertz CT molecular complexity index is 409. The summed E-state index contributed by atoms with van der Waals surface area (Å²) in [6, 6.07) is 3.96. The Morgan fingerprint density at radius 2 is 2.11 bits per heavy atom. The molecule has 1 aromatic rings. The fraction of sp³-hybridized carbons (Fsp3) is 0.417. The van der Waals surface area contributed by atoms with Gasteiger partial charge in [0.15, 0.2) is 0 Å². The highest BCUT2D eigenvalue weighted by atomic mass is 19.1. The predicted molar refractivity (Wildman–Crippen MR) is 63.8 cm³/mol. The molecule has 0 fully saturated rings. The minimum Gasteiger partial charge on any atom is -0.490 e. The normalized spacial score (nSPS) is 11.6. The van der Waals surface area contributed by atoms with Gasteiger partial charge in [-0.3, -0.25) is 0 Å². The van der Waals surface area contributed by atoms with Crippen LogP contribution in [0.4, 0.5) is 4.39 Å². The van der Waals surface area contributed by atoms with E-state index < -0.39 is 5.82 Å². The Labute approximate surface area is 104 Å². The number of ether oxygens (including phenoxy) is 2. The van der Waals surface area contributed by atoms with E-state index in [0.717, 1.165) is 0 Å². The lowest BCUT2D eigenvalue weighted by Gasteiger charge is -2.11. The van der Waals surface area contributed by atoms with Gasteiger partial charge in [-0.05, 0) is 19.1 Å². The van der Waals surface area contributed by atoms with Crippen molar-refractivity contribution >= 4 is 5.71 Å². The molecular formula is C12H16FNO4. The van der Waals surface area contributed by atoms with Crippen LogP contribution in [0.3, 0.4) is 0 Å². The third-order valence-electron chi connectivity index (χ3n) is 2.20. The van der Waals surface area contributed by atoms with E-state index in [1.807, 2.05) is 0 Å². The first-order valence-electron chi connectivity index (χ1n) is 5.49. The van der Waals surface area contributed by atoms with Crippen molar-refractivity contribution in [3.63, 3.8) is 0 Å². The average Bonchev–Trinajstić information content (AvgIpc) is 2.38. The topological polar surface area (TPSA) is 71.3 Å². The van der Waals surface area contributed by atoms with Crippen LogP contribution in [-0.4, -0.2) is 42.5 Å². The van der Waals surface area contributed by atoms with Crippen LogP contribution in [0, 0.1) is 5.82 Å². The zero-order valence-electron chi connectivity index (χ0n) is 10.1. The highest BCUT2D eigenvalue weighted by Crippen LogP contribution is 2.20. The van der Waals surface area contributed by atoms with Crippen molar-refractivity contribution < 1.29 is 24.2 Å². The quantitative estimate of drug-likeness (QED) is 0.335. The van der Waals surface area contributed by atoms with Gasteiger partial charge in [-0.1, -0.05) is 5.16 Å². The first kappa shape index (κ1) is 14.4. The molecule has 0 aliphatic rings. The van der Waals surface area contributed by atoms with Gasteiger partial charge in [0, 0.05) is 11.6 Å². The number of benzene rings is 1. The van der Waals surface area contributed by atoms with Gasteiger partial charge in [0.25, 0.3) is 0 Å². The minimum absolute atomic E-state index is 0.0541. The van der Waals surface area contributed by atoms with Crippen LogP contribution in [0.25, 0.3) is 0 Å². The average molecular weight is 257 g/mol. The molecule has 0 saturated carbocycles. The molecule has 0 aliphatic carbocycles. The van der Waals surface area contributed by atoms with E-state index in [1.165, 1.54) is 18.2 Å². The van der Waals surface area contributed by atoms with E-state index in [2.05, 4.69) is 5.16 Å². The van der Waals surface area contributed by atoms with Gasteiger partial charge in [-0.25, -0.2) is 4.39 Å². The van der Waals surface area contributed by atoms with Crippen molar-refractivity contribution in [1.29, 1.82) is 0 Å². The molecule has 1 aromatic carbocycles. The van der Waals surface area contributed by atoms with Crippen LogP contribution >= 0.6 is 0 Å². The number of aliphatic hydroxyl groups excluding tert-OH is 1. The summed E-state index contributed by atoms with van der Waals surface area (Å²) in [6.07, 6.45) is 0. The summed E-state index contributed by atoms with van der Waals surface area (Å²) in [4.78, 5) is 0. The molecule has 0 bridgehead atoms. The van der Waals surface area contributed by atoms with E-state index in [1.54, 1.807) is 6.92 Å². The van der Waals surface area contributed by atoms with Gasteiger partial charge >= 0.3 is 0 Å². The SMILES string of the molecule is C/C(=N/O)c1ccc(F)cc1OCCOCCO. The molecule has 0 atom stereocenters. The molecule has 0 aliphatic heterocycles. The van der Waals surface area contributed by atoms with E-state index in [9.17, 15) is 4.39 Å². The van der Waals surface area contributed by atoms with E-state index in [0.29, 0.717) is 11.3 Å². The Hall–Kier alpha value is -1.66. The highest BCUT2D eigenvalue weighted by molar-refractivity contribution is 6.00. The van der Waals surface area contributed by atoms with Crippen molar-refractivity contribution in [3.05, 3.63) is 29.6 Å². The van der Waals surface area contributed by atoms with Gasteiger partial charge in [0.2, 0.25) is 0 Å². The number of aliphatic hydroxyl groups is 1. The van der Waals surface area contributed by atoms with Crippen molar-refractivity contribution in [1.82, 2.24) is 0 Å². The number of nitrogens with zero attached hydrogens (tertiary/aromatic N) is 1. The highest BCUT2D eigenvalue weighted by Gasteiger charge is 2.08. The molecule has 6 heteroatoms. The molecule has 18 heavy (non-hydrogen) atoms. The molecule has 0 aromatic heterocycles. The lowest BCUT2D eigenvalue weighted by Crippen LogP contribution is -2.11. The fourth-order valence-electron chi connectivity index (χ4n) is 1.35. The summed E-state index contributed by atoms with van der Waals surface area (Å²) in [6.45, 7) is 2.27. The first-order chi connectivity index (χ1) is 8.69. The van der Waals surface area contributed by atoms with Gasteiger partial charge in [0.1, 0.15) is 18.2 Å². The fourth-order valence-corrected chi connectivity index (χ4v) is 1.35. The molecule has 0 amide bonds. The molecular weight excluding hydrogens is 241 g/mol. The smallest absolute Gasteiger partial charge is 0.131 e. The maximum absolute atomic E-state index is 13.1. The summed E-state index contributed by atoms with van der Waals surface area (Å²) in [7, 11) is 0. The van der Waals surface area contributed by atoms with Crippen LogP contribution in [0.2, 0.25) is 0 Å². The number of hydrogen-bond acceptors (Lipinski definition) is 5. The number of rotatable bonds is 7. The molecule has 0 radical (unpaired) electrons. The Morgan fingerprint density at radius 1 is 1.33 bits per heavy atom. The summed E-state index contributed by atoms with van der Waals surface area (Å²) < 4.78 is 23.5. The zero-order valence-corrected chi connectivity index (χ0v) is 10.1. The maximum atomic E-state index is 13.1. The molecule has 100 valence electrons. The molecule has 0 heterocycles. The van der Waals surface area contributed by atoms with E-state index in [4.69, 9.17) is 19.8 Å². The van der Waals surface area contributed by atoms with Gasteiger partial charge in [-0.15, -0.1) is 0 Å². The lowest BCUT2D eigenvalue weighted by molar-refractivity contribution is 0.0704. The second-order valence-electron chi connectivity index (χ2n) is 3.51. The third kappa shape index (κ3) is 4.31. The van der Waals surface area contributed by atoms with Crippen LogP contribution in [0.15, 0.2) is 23.4 Å². The molecule has 0 spiro atoms. The van der Waals surface area contributed by atoms with Gasteiger partial charge < -0.3 is 19.8 Å². The second-order valence-corrected chi connectivity index (χ2v) is 3.51. The predicted octanol–water partition coefficient (Wildman–Crippen LogP) is 1.41. The summed E-state index contributed by atoms with van der Waals surface area (Å²) in [5.41, 5.74) is 0.849. The van der Waals surface area contributed by atoms with Crippen molar-refractivity contribution in [2.45, 2.75) is 6.92 Å². The Morgan fingerprint density at radius 3 is 2.78 bits per heavy atom. The van der Waals surface area contributed by atoms with Crippen molar-refractivity contribution in [2.24, 2.45) is 5.16 Å². The Balaban J connectivity index is 2.65. The number of oxime groups is 1. The Kier molecular flexibility index (Phi) is 6.10. The summed E-state index contributed by atoms with van der Waals surface area (Å²) in [5.74, 6) is -0.145. The monoisotopic (exact) mass is 257 g/mol. The van der Waals surface area contributed by atoms with Crippen LogP contribution < -0.4 is 4.74 Å².